The first-order chi connectivity index (χ1) is 12.8. The third-order valence-corrected chi connectivity index (χ3v) is 5.70. The van der Waals surface area contributed by atoms with Crippen LogP contribution in [0.5, 0.6) is 0 Å². The fraction of sp³-hybridized carbons (Fsp3) is 0.391. The maximum Gasteiger partial charge on any atom is 0.110 e. The number of nitrogens with zero attached hydrogens (tertiary/aromatic N) is 3. The molecule has 0 saturated heterocycles. The van der Waals surface area contributed by atoms with E-state index in [1.165, 1.54) is 44.0 Å². The number of fused-ring (bicyclic) bond motifs is 1. The standard InChI is InChI=1S/C23H25N3/c24-16-19-10-4-5-11-20(19)17-26-22-13-7-6-12-21(22)25-23(26)15-14-18-8-2-1-3-9-18/h4-7,10-13,18H,1-3,8-9,14-15,17H2. The Labute approximate surface area is 155 Å². The van der Waals surface area contributed by atoms with Crippen molar-refractivity contribution in [2.75, 3.05) is 0 Å². The van der Waals surface area contributed by atoms with Crippen LogP contribution in [0.3, 0.4) is 0 Å². The number of imidazole rings is 1. The van der Waals surface area contributed by atoms with Gasteiger partial charge in [-0.15, -0.1) is 0 Å². The summed E-state index contributed by atoms with van der Waals surface area (Å²) in [5.74, 6) is 2.01. The lowest BCUT2D eigenvalue weighted by atomic mass is 9.86. The van der Waals surface area contributed by atoms with Crippen LogP contribution >= 0.6 is 0 Å². The van der Waals surface area contributed by atoms with Gasteiger partial charge in [-0.1, -0.05) is 62.4 Å². The van der Waals surface area contributed by atoms with E-state index < -0.39 is 0 Å². The summed E-state index contributed by atoms with van der Waals surface area (Å²) in [6.45, 7) is 0.713. The number of hydrogen-bond donors (Lipinski definition) is 0. The summed E-state index contributed by atoms with van der Waals surface area (Å²) in [4.78, 5) is 4.93. The molecule has 2 aromatic carbocycles. The van der Waals surface area contributed by atoms with Crippen molar-refractivity contribution in [3.05, 3.63) is 65.5 Å². The van der Waals surface area contributed by atoms with Gasteiger partial charge < -0.3 is 4.57 Å². The van der Waals surface area contributed by atoms with Gasteiger partial charge in [-0.25, -0.2) is 4.98 Å². The molecule has 1 aliphatic carbocycles. The van der Waals surface area contributed by atoms with Crippen molar-refractivity contribution in [2.45, 2.75) is 51.5 Å². The van der Waals surface area contributed by atoms with Gasteiger partial charge in [-0.3, -0.25) is 0 Å². The minimum Gasteiger partial charge on any atom is -0.323 e. The van der Waals surface area contributed by atoms with Crippen molar-refractivity contribution >= 4 is 11.0 Å². The molecule has 0 spiro atoms. The molecule has 3 nitrogen and oxygen atoms in total. The molecule has 3 heteroatoms. The van der Waals surface area contributed by atoms with Crippen LogP contribution in [0.1, 0.15) is 55.5 Å². The highest BCUT2D eigenvalue weighted by Gasteiger charge is 2.17. The number of hydrogen-bond acceptors (Lipinski definition) is 2. The Bertz CT molecular complexity index is 926. The average Bonchev–Trinajstić information content (AvgIpc) is 3.05. The van der Waals surface area contributed by atoms with Crippen molar-refractivity contribution in [1.82, 2.24) is 9.55 Å². The fourth-order valence-corrected chi connectivity index (χ4v) is 4.24. The van der Waals surface area contributed by atoms with E-state index in [0.717, 1.165) is 34.8 Å². The number of benzene rings is 2. The first-order valence-electron chi connectivity index (χ1n) is 9.77. The first-order valence-corrected chi connectivity index (χ1v) is 9.77. The summed E-state index contributed by atoms with van der Waals surface area (Å²) in [6.07, 6.45) is 9.17. The molecule has 4 rings (SSSR count). The highest BCUT2D eigenvalue weighted by molar-refractivity contribution is 5.76. The number of nitriles is 1. The molecule has 0 radical (unpaired) electrons. The van der Waals surface area contributed by atoms with Crippen LogP contribution in [-0.2, 0) is 13.0 Å². The summed E-state index contributed by atoms with van der Waals surface area (Å²) in [6, 6.07) is 18.6. The lowest BCUT2D eigenvalue weighted by Gasteiger charge is -2.21. The Hall–Kier alpha value is -2.60. The van der Waals surface area contributed by atoms with E-state index in [4.69, 9.17) is 4.98 Å². The van der Waals surface area contributed by atoms with Crippen molar-refractivity contribution < 1.29 is 0 Å². The lowest BCUT2D eigenvalue weighted by Crippen LogP contribution is -2.11. The smallest absolute Gasteiger partial charge is 0.110 e. The quantitative estimate of drug-likeness (QED) is 0.616. The summed E-state index contributed by atoms with van der Waals surface area (Å²) < 4.78 is 2.31. The molecule has 0 atom stereocenters. The van der Waals surface area contributed by atoms with E-state index in [-0.39, 0.29) is 0 Å². The van der Waals surface area contributed by atoms with Gasteiger partial charge in [0.15, 0.2) is 0 Å². The first kappa shape index (κ1) is 16.8. The molecule has 1 aromatic heterocycles. The SMILES string of the molecule is N#Cc1ccccc1Cn1c(CCC2CCCCC2)nc2ccccc21. The van der Waals surface area contributed by atoms with E-state index in [1.54, 1.807) is 0 Å². The van der Waals surface area contributed by atoms with Crippen LogP contribution in [0.15, 0.2) is 48.5 Å². The lowest BCUT2D eigenvalue weighted by molar-refractivity contribution is 0.336. The molecule has 0 aliphatic heterocycles. The van der Waals surface area contributed by atoms with Gasteiger partial charge in [0.1, 0.15) is 5.82 Å². The van der Waals surface area contributed by atoms with Gasteiger partial charge in [-0.2, -0.15) is 5.26 Å². The predicted molar refractivity (Wildman–Crippen MR) is 105 cm³/mol. The maximum atomic E-state index is 9.43. The molecule has 1 aliphatic rings. The number of para-hydroxylation sites is 2. The summed E-state index contributed by atoms with van der Waals surface area (Å²) >= 11 is 0. The van der Waals surface area contributed by atoms with Gasteiger partial charge in [0, 0.05) is 6.42 Å². The highest BCUT2D eigenvalue weighted by Crippen LogP contribution is 2.28. The molecule has 0 unspecified atom stereocenters. The molecular formula is C23H25N3. The second-order valence-corrected chi connectivity index (χ2v) is 7.41. The van der Waals surface area contributed by atoms with E-state index in [0.29, 0.717) is 6.54 Å². The van der Waals surface area contributed by atoms with Crippen LogP contribution in [0.4, 0.5) is 0 Å². The van der Waals surface area contributed by atoms with E-state index in [2.05, 4.69) is 34.9 Å². The van der Waals surface area contributed by atoms with Crippen molar-refractivity contribution in [3.8, 4) is 6.07 Å². The van der Waals surface area contributed by atoms with Crippen molar-refractivity contribution in [1.29, 1.82) is 5.26 Å². The Morgan fingerprint density at radius 2 is 1.77 bits per heavy atom. The largest absolute Gasteiger partial charge is 0.323 e. The minimum absolute atomic E-state index is 0.713. The maximum absolute atomic E-state index is 9.43. The zero-order chi connectivity index (χ0) is 17.8. The van der Waals surface area contributed by atoms with Crippen molar-refractivity contribution in [2.24, 2.45) is 5.92 Å². The topological polar surface area (TPSA) is 41.6 Å². The van der Waals surface area contributed by atoms with E-state index >= 15 is 0 Å². The van der Waals surface area contributed by atoms with Gasteiger partial charge in [-0.05, 0) is 36.1 Å². The Balaban J connectivity index is 1.64. The highest BCUT2D eigenvalue weighted by atomic mass is 15.1. The van der Waals surface area contributed by atoms with Crippen molar-refractivity contribution in [3.63, 3.8) is 0 Å². The van der Waals surface area contributed by atoms with Gasteiger partial charge in [0.05, 0.1) is 29.2 Å². The average molecular weight is 343 g/mol. The molecule has 0 N–H and O–H groups in total. The van der Waals surface area contributed by atoms with Crippen LogP contribution in [0.2, 0.25) is 0 Å². The summed E-state index contributed by atoms with van der Waals surface area (Å²) in [5, 5.41) is 9.43. The molecule has 26 heavy (non-hydrogen) atoms. The summed E-state index contributed by atoms with van der Waals surface area (Å²) in [7, 11) is 0. The van der Waals surface area contributed by atoms with Gasteiger partial charge in [0.25, 0.3) is 0 Å². The minimum atomic E-state index is 0.713. The second-order valence-electron chi connectivity index (χ2n) is 7.41. The van der Waals surface area contributed by atoms with Gasteiger partial charge in [0.2, 0.25) is 0 Å². The normalized spacial score (nSPS) is 15.2. The molecule has 1 fully saturated rings. The molecule has 3 aromatic rings. The molecule has 1 saturated carbocycles. The third-order valence-electron chi connectivity index (χ3n) is 5.70. The Morgan fingerprint density at radius 1 is 1.00 bits per heavy atom. The van der Waals surface area contributed by atoms with E-state index in [1.807, 2.05) is 24.3 Å². The van der Waals surface area contributed by atoms with Crippen LogP contribution in [-0.4, -0.2) is 9.55 Å². The van der Waals surface area contributed by atoms with Gasteiger partial charge >= 0.3 is 0 Å². The van der Waals surface area contributed by atoms with Crippen LogP contribution in [0.25, 0.3) is 11.0 Å². The molecule has 0 amide bonds. The number of aromatic nitrogens is 2. The number of aryl methyl sites for hydroxylation is 1. The van der Waals surface area contributed by atoms with Crippen LogP contribution < -0.4 is 0 Å². The van der Waals surface area contributed by atoms with Crippen LogP contribution in [0, 0.1) is 17.2 Å². The third kappa shape index (κ3) is 3.51. The monoisotopic (exact) mass is 343 g/mol. The summed E-state index contributed by atoms with van der Waals surface area (Å²) in [5.41, 5.74) is 4.04. The Kier molecular flexibility index (Phi) is 5.02. The zero-order valence-corrected chi connectivity index (χ0v) is 15.2. The molecular weight excluding hydrogens is 318 g/mol. The Morgan fingerprint density at radius 3 is 2.62 bits per heavy atom. The predicted octanol–water partition coefficient (Wildman–Crippen LogP) is 5.47. The zero-order valence-electron chi connectivity index (χ0n) is 15.2. The number of rotatable bonds is 5. The molecule has 1 heterocycles. The second kappa shape index (κ2) is 7.74. The molecule has 0 bridgehead atoms. The molecule has 132 valence electrons. The van der Waals surface area contributed by atoms with E-state index in [9.17, 15) is 5.26 Å². The fourth-order valence-electron chi connectivity index (χ4n) is 4.24.